The van der Waals surface area contributed by atoms with Gasteiger partial charge in [-0.15, -0.1) is 0 Å². The molecule has 124 valence electrons. The van der Waals surface area contributed by atoms with Crippen LogP contribution in [-0.4, -0.2) is 28.2 Å². The van der Waals surface area contributed by atoms with E-state index in [-0.39, 0.29) is 24.9 Å². The van der Waals surface area contributed by atoms with E-state index in [1.165, 1.54) is 0 Å². The van der Waals surface area contributed by atoms with E-state index < -0.39 is 5.97 Å². The molecule has 0 aliphatic carbocycles. The maximum atomic E-state index is 12.4. The second kappa shape index (κ2) is 6.49. The molecule has 1 heterocycles. The van der Waals surface area contributed by atoms with Gasteiger partial charge in [0.15, 0.2) is 5.96 Å². The summed E-state index contributed by atoms with van der Waals surface area (Å²) in [7, 11) is 1.84. The van der Waals surface area contributed by atoms with Crippen LogP contribution in [0.3, 0.4) is 0 Å². The van der Waals surface area contributed by atoms with Crippen molar-refractivity contribution >= 4 is 38.8 Å². The van der Waals surface area contributed by atoms with Gasteiger partial charge in [-0.1, -0.05) is 0 Å². The van der Waals surface area contributed by atoms with Crippen LogP contribution < -0.4 is 11.5 Å². The molecule has 0 spiro atoms. The first-order chi connectivity index (χ1) is 10.8. The summed E-state index contributed by atoms with van der Waals surface area (Å²) in [6.45, 7) is 3.88. The minimum atomic E-state index is -0.441. The van der Waals surface area contributed by atoms with E-state index in [1.807, 2.05) is 18.5 Å². The van der Waals surface area contributed by atoms with E-state index in [9.17, 15) is 9.90 Å². The number of phenolic OH excluding ortho intramolecular Hbond substituents is 1. The highest BCUT2D eigenvalue weighted by atomic mass is 79.9. The Kier molecular flexibility index (Phi) is 4.84. The third kappa shape index (κ3) is 2.98. The molecule has 5 N–H and O–H groups in total. The van der Waals surface area contributed by atoms with Gasteiger partial charge in [-0.05, 0) is 35.8 Å². The third-order valence-corrected chi connectivity index (χ3v) is 4.31. The number of hydrogen-bond acceptors (Lipinski definition) is 4. The summed E-state index contributed by atoms with van der Waals surface area (Å²) < 4.78 is 7.52. The topological polar surface area (TPSA) is 116 Å². The maximum Gasteiger partial charge on any atom is 0.340 e. The van der Waals surface area contributed by atoms with Crippen molar-refractivity contribution in [3.63, 3.8) is 0 Å². The fourth-order valence-electron chi connectivity index (χ4n) is 2.53. The molecule has 0 aliphatic rings. The van der Waals surface area contributed by atoms with Crippen LogP contribution in [0.15, 0.2) is 15.5 Å². The van der Waals surface area contributed by atoms with Gasteiger partial charge in [0.05, 0.1) is 28.7 Å². The number of ether oxygens (including phenoxy) is 1. The fourth-order valence-corrected chi connectivity index (χ4v) is 2.98. The van der Waals surface area contributed by atoms with Gasteiger partial charge in [-0.25, -0.2) is 9.79 Å². The SMILES string of the molecule is CCOC(=O)c1c(C)n(C)c2cc(Br)c(O)c(CN=C(N)N)c12. The Labute approximate surface area is 142 Å². The predicted molar refractivity (Wildman–Crippen MR) is 92.5 cm³/mol. The zero-order chi connectivity index (χ0) is 17.3. The summed E-state index contributed by atoms with van der Waals surface area (Å²) >= 11 is 3.32. The molecule has 0 fully saturated rings. The number of aliphatic imine (C=N–C) groups is 1. The molecule has 2 rings (SSSR count). The maximum absolute atomic E-state index is 12.4. The standard InChI is InChI=1S/C15H19BrN4O3/c1-4-23-14(22)11-7(2)20(3)10-5-9(16)13(21)8(12(10)11)6-19-15(17)18/h5,21H,4,6H2,1-3H3,(H4,17,18,19). The van der Waals surface area contributed by atoms with Crippen LogP contribution in [0.4, 0.5) is 0 Å². The number of guanidine groups is 1. The van der Waals surface area contributed by atoms with Crippen LogP contribution in [0, 0.1) is 6.92 Å². The van der Waals surface area contributed by atoms with Crippen LogP contribution in [0.1, 0.15) is 28.5 Å². The Morgan fingerprint density at radius 2 is 2.13 bits per heavy atom. The molecular weight excluding hydrogens is 364 g/mol. The molecule has 8 heteroatoms. The number of phenols is 1. The molecular formula is C15H19BrN4O3. The first kappa shape index (κ1) is 17.1. The lowest BCUT2D eigenvalue weighted by molar-refractivity contribution is 0.0527. The fraction of sp³-hybridized carbons (Fsp3) is 0.333. The summed E-state index contributed by atoms with van der Waals surface area (Å²) in [5.74, 6) is -0.537. The number of esters is 1. The van der Waals surface area contributed by atoms with Gasteiger partial charge in [0.1, 0.15) is 5.75 Å². The number of nitrogens with two attached hydrogens (primary N) is 2. The smallest absolute Gasteiger partial charge is 0.340 e. The summed E-state index contributed by atoms with van der Waals surface area (Å²) in [6, 6.07) is 1.75. The molecule has 0 radical (unpaired) electrons. The molecule has 0 bridgehead atoms. The molecule has 0 unspecified atom stereocenters. The Morgan fingerprint density at radius 3 is 2.70 bits per heavy atom. The third-order valence-electron chi connectivity index (χ3n) is 3.71. The molecule has 0 saturated carbocycles. The van der Waals surface area contributed by atoms with E-state index >= 15 is 0 Å². The number of halogens is 1. The van der Waals surface area contributed by atoms with Crippen molar-refractivity contribution in [1.82, 2.24) is 4.57 Å². The van der Waals surface area contributed by atoms with E-state index in [0.717, 1.165) is 11.2 Å². The van der Waals surface area contributed by atoms with Crippen LogP contribution >= 0.6 is 15.9 Å². The number of aryl methyl sites for hydroxylation is 1. The number of benzene rings is 1. The van der Waals surface area contributed by atoms with Gasteiger partial charge < -0.3 is 25.9 Å². The molecule has 7 nitrogen and oxygen atoms in total. The van der Waals surface area contributed by atoms with Gasteiger partial charge in [-0.2, -0.15) is 0 Å². The zero-order valence-corrected chi connectivity index (χ0v) is 14.8. The number of aromatic hydroxyl groups is 1. The van der Waals surface area contributed by atoms with Gasteiger partial charge in [0.25, 0.3) is 0 Å². The van der Waals surface area contributed by atoms with Crippen molar-refractivity contribution in [3.05, 3.63) is 27.4 Å². The summed E-state index contributed by atoms with van der Waals surface area (Å²) in [5.41, 5.74) is 13.2. The van der Waals surface area contributed by atoms with Crippen LogP contribution in [-0.2, 0) is 18.3 Å². The largest absolute Gasteiger partial charge is 0.506 e. The molecule has 0 aliphatic heterocycles. The van der Waals surface area contributed by atoms with Crippen LogP contribution in [0.5, 0.6) is 5.75 Å². The van der Waals surface area contributed by atoms with E-state index in [1.54, 1.807) is 13.0 Å². The monoisotopic (exact) mass is 382 g/mol. The minimum Gasteiger partial charge on any atom is -0.506 e. The van der Waals surface area contributed by atoms with Crippen molar-refractivity contribution in [3.8, 4) is 5.75 Å². The van der Waals surface area contributed by atoms with Gasteiger partial charge in [0, 0.05) is 23.7 Å². The first-order valence-corrected chi connectivity index (χ1v) is 7.80. The molecule has 0 saturated heterocycles. The highest BCUT2D eigenvalue weighted by molar-refractivity contribution is 9.10. The number of nitrogens with zero attached hydrogens (tertiary/aromatic N) is 2. The van der Waals surface area contributed by atoms with Crippen molar-refractivity contribution in [2.24, 2.45) is 23.5 Å². The quantitative estimate of drug-likeness (QED) is 0.424. The van der Waals surface area contributed by atoms with Crippen LogP contribution in [0.2, 0.25) is 0 Å². The average molecular weight is 383 g/mol. The second-order valence-electron chi connectivity index (χ2n) is 5.06. The van der Waals surface area contributed by atoms with E-state index in [4.69, 9.17) is 16.2 Å². The lowest BCUT2D eigenvalue weighted by Crippen LogP contribution is -2.22. The first-order valence-electron chi connectivity index (χ1n) is 7.01. The van der Waals surface area contributed by atoms with Crippen molar-refractivity contribution in [2.45, 2.75) is 20.4 Å². The molecule has 0 atom stereocenters. The van der Waals surface area contributed by atoms with Crippen molar-refractivity contribution < 1.29 is 14.6 Å². The zero-order valence-electron chi connectivity index (χ0n) is 13.2. The van der Waals surface area contributed by atoms with Crippen molar-refractivity contribution in [1.29, 1.82) is 0 Å². The number of hydrogen-bond donors (Lipinski definition) is 3. The highest BCUT2D eigenvalue weighted by Crippen LogP contribution is 2.39. The Balaban J connectivity index is 2.85. The number of aromatic nitrogens is 1. The summed E-state index contributed by atoms with van der Waals surface area (Å²) in [6.07, 6.45) is 0. The van der Waals surface area contributed by atoms with Gasteiger partial charge in [0.2, 0.25) is 0 Å². The number of fused-ring (bicyclic) bond motifs is 1. The Bertz CT molecular complexity index is 807. The minimum absolute atomic E-state index is 0.00125. The predicted octanol–water partition coefficient (Wildman–Crippen LogP) is 1.90. The normalized spacial score (nSPS) is 10.8. The molecule has 23 heavy (non-hydrogen) atoms. The van der Waals surface area contributed by atoms with Crippen LogP contribution in [0.25, 0.3) is 10.9 Å². The van der Waals surface area contributed by atoms with E-state index in [2.05, 4.69) is 20.9 Å². The molecule has 0 amide bonds. The number of carbonyl (C=O) groups is 1. The lowest BCUT2D eigenvalue weighted by atomic mass is 10.0. The number of rotatable bonds is 4. The Morgan fingerprint density at radius 1 is 1.48 bits per heavy atom. The molecule has 1 aromatic heterocycles. The summed E-state index contributed by atoms with van der Waals surface area (Å²) in [5, 5.41) is 11.0. The highest BCUT2D eigenvalue weighted by Gasteiger charge is 2.25. The average Bonchev–Trinajstić information content (AvgIpc) is 2.72. The second-order valence-corrected chi connectivity index (χ2v) is 5.92. The summed E-state index contributed by atoms with van der Waals surface area (Å²) in [4.78, 5) is 16.3. The van der Waals surface area contributed by atoms with Crippen molar-refractivity contribution in [2.75, 3.05) is 6.61 Å². The van der Waals surface area contributed by atoms with Gasteiger partial charge in [-0.3, -0.25) is 0 Å². The Hall–Kier alpha value is -2.22. The lowest BCUT2D eigenvalue weighted by Gasteiger charge is -2.09. The van der Waals surface area contributed by atoms with E-state index in [0.29, 0.717) is 21.0 Å². The molecule has 1 aromatic carbocycles. The number of carbonyl (C=O) groups excluding carboxylic acids is 1. The van der Waals surface area contributed by atoms with Gasteiger partial charge >= 0.3 is 5.97 Å². The molecule has 2 aromatic rings.